The van der Waals surface area contributed by atoms with Crippen LogP contribution in [0.1, 0.15) is 10.4 Å². The number of carbonyl (C=O) groups is 1. The molecule has 0 atom stereocenters. The van der Waals surface area contributed by atoms with Gasteiger partial charge in [-0.25, -0.2) is 0 Å². The molecule has 2 aromatic rings. The number of benzene rings is 2. The molecular weight excluding hydrogens is 312 g/mol. The normalized spacial score (nSPS) is 10.0. The summed E-state index contributed by atoms with van der Waals surface area (Å²) >= 11 is 0. The number of methoxy groups -OCH3 is 4. The molecule has 0 aliphatic heterocycles. The van der Waals surface area contributed by atoms with Crippen molar-refractivity contribution in [2.45, 2.75) is 0 Å². The van der Waals surface area contributed by atoms with Crippen LogP contribution in [0.4, 0.5) is 0 Å². The fourth-order valence-electron chi connectivity index (χ4n) is 2.16. The van der Waals surface area contributed by atoms with Crippen molar-refractivity contribution in [3.8, 4) is 28.7 Å². The van der Waals surface area contributed by atoms with Crippen molar-refractivity contribution in [1.29, 1.82) is 0 Å². The van der Waals surface area contributed by atoms with Gasteiger partial charge in [0.1, 0.15) is 17.2 Å². The minimum atomic E-state index is -0.222. The summed E-state index contributed by atoms with van der Waals surface area (Å²) < 4.78 is 26.3. The van der Waals surface area contributed by atoms with Crippen LogP contribution < -0.4 is 23.7 Å². The minimum absolute atomic E-state index is 0.140. The Kier molecular flexibility index (Phi) is 5.89. The molecule has 2 rings (SSSR count). The zero-order valence-corrected chi connectivity index (χ0v) is 14.1. The highest BCUT2D eigenvalue weighted by Gasteiger charge is 2.15. The first-order valence-electron chi connectivity index (χ1n) is 7.23. The fraction of sp³-hybridized carbons (Fsp3) is 0.278. The summed E-state index contributed by atoms with van der Waals surface area (Å²) in [5.41, 5.74) is 0.400. The molecule has 128 valence electrons. The number of Topliss-reactive ketones (excluding diaryl/α,β-unsaturated/α-hetero) is 1. The first kappa shape index (κ1) is 17.5. The number of carbonyl (C=O) groups excluding carboxylic acids is 1. The molecule has 0 amide bonds. The number of ketones is 1. The summed E-state index contributed by atoms with van der Waals surface area (Å²) in [4.78, 5) is 12.4. The van der Waals surface area contributed by atoms with Crippen LogP contribution in [0.2, 0.25) is 0 Å². The molecule has 0 saturated carbocycles. The van der Waals surface area contributed by atoms with Crippen LogP contribution in [-0.2, 0) is 0 Å². The summed E-state index contributed by atoms with van der Waals surface area (Å²) in [5.74, 6) is 2.44. The molecule has 0 radical (unpaired) electrons. The van der Waals surface area contributed by atoms with Gasteiger partial charge in [-0.05, 0) is 30.3 Å². The van der Waals surface area contributed by atoms with Crippen molar-refractivity contribution in [3.05, 3.63) is 42.0 Å². The molecule has 0 aliphatic carbocycles. The van der Waals surface area contributed by atoms with E-state index >= 15 is 0 Å². The van der Waals surface area contributed by atoms with Gasteiger partial charge in [0.05, 0.1) is 34.0 Å². The van der Waals surface area contributed by atoms with Gasteiger partial charge in [-0.2, -0.15) is 0 Å². The number of rotatable bonds is 8. The Hall–Kier alpha value is -2.89. The highest BCUT2D eigenvalue weighted by molar-refractivity contribution is 6.00. The van der Waals surface area contributed by atoms with Crippen LogP contribution in [0.15, 0.2) is 36.4 Å². The molecule has 0 N–H and O–H groups in total. The molecule has 0 saturated heterocycles. The van der Waals surface area contributed by atoms with E-state index in [-0.39, 0.29) is 12.4 Å². The molecule has 2 aromatic carbocycles. The third-order valence-electron chi connectivity index (χ3n) is 3.43. The van der Waals surface area contributed by atoms with E-state index in [1.807, 2.05) is 0 Å². The van der Waals surface area contributed by atoms with Gasteiger partial charge < -0.3 is 23.7 Å². The highest BCUT2D eigenvalue weighted by atomic mass is 16.5. The topological polar surface area (TPSA) is 63.2 Å². The number of hydrogen-bond acceptors (Lipinski definition) is 6. The SMILES string of the molecule is COc1ccc(OC)c(C(=O)COc2ccc(OC)c(OC)c2)c1. The Morgan fingerprint density at radius 2 is 1.38 bits per heavy atom. The second-order valence-electron chi connectivity index (χ2n) is 4.79. The molecule has 0 aliphatic rings. The van der Waals surface area contributed by atoms with Crippen LogP contribution in [0.5, 0.6) is 28.7 Å². The van der Waals surface area contributed by atoms with E-state index in [1.165, 1.54) is 21.3 Å². The number of hydrogen-bond donors (Lipinski definition) is 0. The molecule has 24 heavy (non-hydrogen) atoms. The lowest BCUT2D eigenvalue weighted by atomic mass is 10.1. The van der Waals surface area contributed by atoms with Crippen molar-refractivity contribution in [2.75, 3.05) is 35.0 Å². The third kappa shape index (κ3) is 3.90. The Morgan fingerprint density at radius 1 is 0.750 bits per heavy atom. The van der Waals surface area contributed by atoms with Gasteiger partial charge in [-0.3, -0.25) is 4.79 Å². The van der Waals surface area contributed by atoms with Crippen molar-refractivity contribution < 1.29 is 28.5 Å². The van der Waals surface area contributed by atoms with Crippen molar-refractivity contribution in [2.24, 2.45) is 0 Å². The second kappa shape index (κ2) is 8.10. The van der Waals surface area contributed by atoms with Crippen LogP contribution in [0.3, 0.4) is 0 Å². The summed E-state index contributed by atoms with van der Waals surface area (Å²) in [6.07, 6.45) is 0. The van der Waals surface area contributed by atoms with Crippen LogP contribution >= 0.6 is 0 Å². The second-order valence-corrected chi connectivity index (χ2v) is 4.79. The average molecular weight is 332 g/mol. The molecule has 0 spiro atoms. The van der Waals surface area contributed by atoms with Gasteiger partial charge in [0.25, 0.3) is 0 Å². The maximum Gasteiger partial charge on any atom is 0.204 e. The third-order valence-corrected chi connectivity index (χ3v) is 3.43. The predicted molar refractivity (Wildman–Crippen MR) is 88.9 cm³/mol. The molecular formula is C18H20O6. The van der Waals surface area contributed by atoms with Crippen LogP contribution in [0, 0.1) is 0 Å². The molecule has 0 fully saturated rings. The quantitative estimate of drug-likeness (QED) is 0.693. The largest absolute Gasteiger partial charge is 0.497 e. The summed E-state index contributed by atoms with van der Waals surface area (Å²) in [6, 6.07) is 10.1. The van der Waals surface area contributed by atoms with E-state index in [0.29, 0.717) is 34.3 Å². The molecule has 6 nitrogen and oxygen atoms in total. The monoisotopic (exact) mass is 332 g/mol. The van der Waals surface area contributed by atoms with Gasteiger partial charge in [-0.15, -0.1) is 0 Å². The predicted octanol–water partition coefficient (Wildman–Crippen LogP) is 2.98. The Morgan fingerprint density at radius 3 is 2.00 bits per heavy atom. The summed E-state index contributed by atoms with van der Waals surface area (Å²) in [7, 11) is 6.13. The number of ether oxygens (including phenoxy) is 5. The Balaban J connectivity index is 2.13. The van der Waals surface area contributed by atoms with E-state index in [0.717, 1.165) is 0 Å². The van der Waals surface area contributed by atoms with Gasteiger partial charge >= 0.3 is 0 Å². The molecule has 0 heterocycles. The van der Waals surface area contributed by atoms with Gasteiger partial charge in [0.2, 0.25) is 5.78 Å². The summed E-state index contributed by atoms with van der Waals surface area (Å²) in [6.45, 7) is -0.140. The first-order chi connectivity index (χ1) is 11.6. The van der Waals surface area contributed by atoms with Crippen molar-refractivity contribution in [3.63, 3.8) is 0 Å². The lowest BCUT2D eigenvalue weighted by Gasteiger charge is -2.12. The smallest absolute Gasteiger partial charge is 0.204 e. The zero-order chi connectivity index (χ0) is 17.5. The Labute approximate surface area is 140 Å². The van der Waals surface area contributed by atoms with Crippen LogP contribution in [-0.4, -0.2) is 40.8 Å². The maximum atomic E-state index is 12.4. The fourth-order valence-corrected chi connectivity index (χ4v) is 2.16. The lowest BCUT2D eigenvalue weighted by molar-refractivity contribution is 0.0918. The maximum absolute atomic E-state index is 12.4. The van der Waals surface area contributed by atoms with E-state index in [4.69, 9.17) is 23.7 Å². The standard InChI is InChI=1S/C18H20O6/c1-20-12-5-7-16(21-2)14(9-12)15(19)11-24-13-6-8-17(22-3)18(10-13)23-4/h5-10H,11H2,1-4H3. The average Bonchev–Trinajstić information content (AvgIpc) is 2.65. The van der Waals surface area contributed by atoms with Gasteiger partial charge in [0.15, 0.2) is 18.1 Å². The molecule has 0 aromatic heterocycles. The minimum Gasteiger partial charge on any atom is -0.497 e. The van der Waals surface area contributed by atoms with E-state index < -0.39 is 0 Å². The highest BCUT2D eigenvalue weighted by Crippen LogP contribution is 2.31. The lowest BCUT2D eigenvalue weighted by Crippen LogP contribution is -2.13. The van der Waals surface area contributed by atoms with E-state index in [9.17, 15) is 4.79 Å². The van der Waals surface area contributed by atoms with E-state index in [1.54, 1.807) is 43.5 Å². The molecule has 0 unspecified atom stereocenters. The van der Waals surface area contributed by atoms with Crippen molar-refractivity contribution >= 4 is 5.78 Å². The van der Waals surface area contributed by atoms with Crippen LogP contribution in [0.25, 0.3) is 0 Å². The Bertz CT molecular complexity index is 711. The van der Waals surface area contributed by atoms with Crippen molar-refractivity contribution in [1.82, 2.24) is 0 Å². The molecule has 6 heteroatoms. The van der Waals surface area contributed by atoms with Gasteiger partial charge in [0, 0.05) is 6.07 Å². The first-order valence-corrected chi connectivity index (χ1v) is 7.23. The summed E-state index contributed by atoms with van der Waals surface area (Å²) in [5, 5.41) is 0. The molecule has 0 bridgehead atoms. The zero-order valence-electron chi connectivity index (χ0n) is 14.1. The van der Waals surface area contributed by atoms with Gasteiger partial charge in [-0.1, -0.05) is 0 Å². The van der Waals surface area contributed by atoms with E-state index in [2.05, 4.69) is 0 Å².